The van der Waals surface area contributed by atoms with Crippen molar-refractivity contribution in [2.24, 2.45) is 5.92 Å². The van der Waals surface area contributed by atoms with E-state index in [9.17, 15) is 9.59 Å². The second-order valence-corrected chi connectivity index (χ2v) is 5.33. The lowest BCUT2D eigenvalue weighted by Crippen LogP contribution is -2.50. The normalized spacial score (nSPS) is 27.3. The van der Waals surface area contributed by atoms with Crippen LogP contribution in [0.15, 0.2) is 24.5 Å². The smallest absolute Gasteiger partial charge is 0.317 e. The number of fused-ring (bicyclic) bond motifs is 2. The lowest BCUT2D eigenvalue weighted by atomic mass is 9.99. The molecule has 3 amide bonds. The summed E-state index contributed by atoms with van der Waals surface area (Å²) in [6.45, 7) is 0.980. The van der Waals surface area contributed by atoms with Crippen molar-refractivity contribution < 1.29 is 14.3 Å². The van der Waals surface area contributed by atoms with Crippen LogP contribution in [0, 0.1) is 5.92 Å². The number of nitrogens with one attached hydrogen (secondary N) is 2. The number of likely N-dealkylation sites (tertiary alicyclic amines) is 1. The minimum absolute atomic E-state index is 0.0642. The number of hydrogen-bond donors (Lipinski definition) is 2. The molecule has 2 saturated heterocycles. The average molecular weight is 290 g/mol. The summed E-state index contributed by atoms with van der Waals surface area (Å²) in [5, 5.41) is 5.46. The predicted octanol–water partition coefficient (Wildman–Crippen LogP) is 0.449. The molecule has 1 aromatic rings. The van der Waals surface area contributed by atoms with Crippen LogP contribution in [0.3, 0.4) is 0 Å². The molecule has 3 atom stereocenters. The minimum atomic E-state index is -0.238. The van der Waals surface area contributed by atoms with Crippen molar-refractivity contribution in [2.45, 2.75) is 18.6 Å². The Kier molecular flexibility index (Phi) is 3.74. The maximum Gasteiger partial charge on any atom is 0.317 e. The number of anilines is 1. The lowest BCUT2D eigenvalue weighted by molar-refractivity contribution is -0.122. The van der Waals surface area contributed by atoms with E-state index in [0.717, 1.165) is 0 Å². The highest BCUT2D eigenvalue weighted by Gasteiger charge is 2.45. The van der Waals surface area contributed by atoms with Gasteiger partial charge in [-0.05, 0) is 18.6 Å². The van der Waals surface area contributed by atoms with Gasteiger partial charge in [-0.2, -0.15) is 0 Å². The molecule has 21 heavy (non-hydrogen) atoms. The summed E-state index contributed by atoms with van der Waals surface area (Å²) in [6, 6.07) is 3.44. The largest absolute Gasteiger partial charge is 0.370 e. The van der Waals surface area contributed by atoms with Crippen molar-refractivity contribution in [3.05, 3.63) is 24.5 Å². The number of carbonyl (C=O) groups is 2. The van der Waals surface area contributed by atoms with Gasteiger partial charge in [0.15, 0.2) is 0 Å². The van der Waals surface area contributed by atoms with Crippen LogP contribution < -0.4 is 10.6 Å². The topological polar surface area (TPSA) is 83.6 Å². The van der Waals surface area contributed by atoms with Crippen molar-refractivity contribution in [2.75, 3.05) is 25.5 Å². The van der Waals surface area contributed by atoms with Gasteiger partial charge >= 0.3 is 6.03 Å². The van der Waals surface area contributed by atoms with Crippen molar-refractivity contribution in [3.63, 3.8) is 0 Å². The first-order valence-corrected chi connectivity index (χ1v) is 7.00. The first kappa shape index (κ1) is 13.8. The molecule has 112 valence electrons. The van der Waals surface area contributed by atoms with Crippen LogP contribution in [-0.2, 0) is 9.53 Å². The Morgan fingerprint density at radius 3 is 3.00 bits per heavy atom. The zero-order chi connectivity index (χ0) is 14.8. The van der Waals surface area contributed by atoms with Crippen molar-refractivity contribution in [3.8, 4) is 0 Å². The van der Waals surface area contributed by atoms with E-state index in [-0.39, 0.29) is 30.1 Å². The molecule has 1 aromatic heterocycles. The van der Waals surface area contributed by atoms with E-state index in [2.05, 4.69) is 15.6 Å². The fraction of sp³-hybridized carbons (Fsp3) is 0.500. The van der Waals surface area contributed by atoms with Gasteiger partial charge in [-0.25, -0.2) is 4.79 Å². The molecule has 0 unspecified atom stereocenters. The Hall–Kier alpha value is -2.15. The monoisotopic (exact) mass is 290 g/mol. The highest BCUT2D eigenvalue weighted by atomic mass is 16.5. The van der Waals surface area contributed by atoms with Crippen molar-refractivity contribution >= 4 is 17.6 Å². The fourth-order valence-electron chi connectivity index (χ4n) is 2.93. The molecule has 0 aromatic carbocycles. The van der Waals surface area contributed by atoms with E-state index in [0.29, 0.717) is 25.2 Å². The molecule has 0 saturated carbocycles. The van der Waals surface area contributed by atoms with E-state index in [1.54, 1.807) is 36.5 Å². The third kappa shape index (κ3) is 2.82. The minimum Gasteiger partial charge on any atom is -0.370 e. The Bertz CT molecular complexity index is 536. The van der Waals surface area contributed by atoms with Crippen LogP contribution in [0.5, 0.6) is 0 Å². The molecule has 7 nitrogen and oxygen atoms in total. The van der Waals surface area contributed by atoms with Gasteiger partial charge < -0.3 is 20.3 Å². The molecule has 2 bridgehead atoms. The van der Waals surface area contributed by atoms with Gasteiger partial charge in [0.1, 0.15) is 0 Å². The molecular weight excluding hydrogens is 272 g/mol. The molecular formula is C14H18N4O3. The predicted molar refractivity (Wildman–Crippen MR) is 75.7 cm³/mol. The number of ether oxygens (including phenoxy) is 1. The summed E-state index contributed by atoms with van der Waals surface area (Å²) in [5.41, 5.74) is 0.673. The Morgan fingerprint density at radius 1 is 1.43 bits per heavy atom. The lowest BCUT2D eigenvalue weighted by Gasteiger charge is -2.32. The van der Waals surface area contributed by atoms with Crippen LogP contribution >= 0.6 is 0 Å². The van der Waals surface area contributed by atoms with E-state index in [1.165, 1.54) is 0 Å². The zero-order valence-electron chi connectivity index (χ0n) is 11.8. The molecule has 0 radical (unpaired) electrons. The number of hydrogen-bond acceptors (Lipinski definition) is 4. The van der Waals surface area contributed by atoms with E-state index < -0.39 is 0 Å². The maximum atomic E-state index is 12.4. The molecule has 3 heterocycles. The van der Waals surface area contributed by atoms with Crippen LogP contribution in [0.1, 0.15) is 6.42 Å². The Morgan fingerprint density at radius 2 is 2.29 bits per heavy atom. The molecule has 7 heteroatoms. The maximum absolute atomic E-state index is 12.4. The quantitative estimate of drug-likeness (QED) is 0.828. The number of nitrogens with zero attached hydrogens (tertiary/aromatic N) is 2. The first-order valence-electron chi connectivity index (χ1n) is 7.00. The number of carbonyl (C=O) groups excluding carboxylic acids is 2. The molecule has 2 aliphatic heterocycles. The van der Waals surface area contributed by atoms with E-state index >= 15 is 0 Å². The summed E-state index contributed by atoms with van der Waals surface area (Å²) < 4.78 is 5.80. The molecule has 2 N–H and O–H groups in total. The number of amides is 3. The van der Waals surface area contributed by atoms with Crippen LogP contribution in [0.4, 0.5) is 10.5 Å². The standard InChI is InChI=1S/C14H18N4O3/c1-15-14(20)18-7-10-5-11(12(8-18)21-10)13(19)17-9-3-2-4-16-6-9/h2-4,6,10-12H,5,7-8H2,1H3,(H,15,20)(H,17,19)/t10-,11+,12-/m0/s1. The molecule has 0 aliphatic carbocycles. The Labute approximate surface area is 122 Å². The SMILES string of the molecule is CNC(=O)N1C[C@@H]2C[C@@H](C(=O)Nc3cccnc3)[C@H](C1)O2. The third-order valence-electron chi connectivity index (χ3n) is 3.92. The summed E-state index contributed by atoms with van der Waals surface area (Å²) in [7, 11) is 1.60. The van der Waals surface area contributed by atoms with Gasteiger partial charge in [0.2, 0.25) is 5.91 Å². The van der Waals surface area contributed by atoms with Gasteiger partial charge in [-0.15, -0.1) is 0 Å². The van der Waals surface area contributed by atoms with E-state index in [4.69, 9.17) is 4.74 Å². The third-order valence-corrected chi connectivity index (χ3v) is 3.92. The van der Waals surface area contributed by atoms with Crippen molar-refractivity contribution in [1.29, 1.82) is 0 Å². The summed E-state index contributed by atoms with van der Waals surface area (Å²) in [6.07, 6.45) is 3.60. The second kappa shape index (κ2) is 5.69. The summed E-state index contributed by atoms with van der Waals surface area (Å²) >= 11 is 0. The number of urea groups is 1. The highest BCUT2D eigenvalue weighted by Crippen LogP contribution is 2.32. The van der Waals surface area contributed by atoms with Gasteiger partial charge in [0, 0.05) is 26.3 Å². The number of aromatic nitrogens is 1. The number of rotatable bonds is 2. The summed E-state index contributed by atoms with van der Waals surface area (Å²) in [5.74, 6) is -0.306. The van der Waals surface area contributed by atoms with Gasteiger partial charge in [-0.3, -0.25) is 9.78 Å². The molecule has 3 rings (SSSR count). The van der Waals surface area contributed by atoms with Gasteiger partial charge in [0.25, 0.3) is 0 Å². The number of morpholine rings is 1. The molecule has 2 fully saturated rings. The highest BCUT2D eigenvalue weighted by molar-refractivity contribution is 5.93. The average Bonchev–Trinajstić information content (AvgIpc) is 2.81. The second-order valence-electron chi connectivity index (χ2n) is 5.33. The van der Waals surface area contributed by atoms with Crippen LogP contribution in [0.25, 0.3) is 0 Å². The fourth-order valence-corrected chi connectivity index (χ4v) is 2.93. The van der Waals surface area contributed by atoms with Crippen LogP contribution in [-0.4, -0.2) is 54.2 Å². The zero-order valence-corrected chi connectivity index (χ0v) is 11.8. The summed E-state index contributed by atoms with van der Waals surface area (Å²) in [4.78, 5) is 29.7. The first-order chi connectivity index (χ1) is 10.2. The van der Waals surface area contributed by atoms with Gasteiger partial charge in [0.05, 0.1) is 30.0 Å². The Balaban J connectivity index is 1.65. The van der Waals surface area contributed by atoms with Crippen molar-refractivity contribution in [1.82, 2.24) is 15.2 Å². The van der Waals surface area contributed by atoms with E-state index in [1.807, 2.05) is 0 Å². The number of pyridine rings is 1. The molecule has 2 aliphatic rings. The molecule has 0 spiro atoms. The van der Waals surface area contributed by atoms with Crippen LogP contribution in [0.2, 0.25) is 0 Å². The van der Waals surface area contributed by atoms with Gasteiger partial charge in [-0.1, -0.05) is 0 Å².